The van der Waals surface area contributed by atoms with Gasteiger partial charge in [0.25, 0.3) is 0 Å². The highest BCUT2D eigenvalue weighted by Crippen LogP contribution is 2.23. The smallest absolute Gasteiger partial charge is 0.154 e. The zero-order valence-electron chi connectivity index (χ0n) is 12.7. The van der Waals surface area contributed by atoms with Gasteiger partial charge in [0.15, 0.2) is 5.65 Å². The summed E-state index contributed by atoms with van der Waals surface area (Å²) in [5.74, 6) is 0.771. The average molecular weight is 336 g/mol. The van der Waals surface area contributed by atoms with Gasteiger partial charge in [0.1, 0.15) is 5.82 Å². The standard InChI is InChI=1S/C18H14ClN5/c19-15-5-1-4-14(9-15)16-12-22-18-7-6-17(23-24(16)18)21-11-13-3-2-8-20-10-13/h1-10,12H,11H2,(H,21,23). The zero-order chi connectivity index (χ0) is 16.4. The lowest BCUT2D eigenvalue weighted by Crippen LogP contribution is -2.04. The van der Waals surface area contributed by atoms with E-state index >= 15 is 0 Å². The molecule has 0 unspecified atom stereocenters. The molecule has 3 aromatic heterocycles. The highest BCUT2D eigenvalue weighted by Gasteiger charge is 2.08. The van der Waals surface area contributed by atoms with E-state index in [-0.39, 0.29) is 0 Å². The van der Waals surface area contributed by atoms with E-state index in [9.17, 15) is 0 Å². The van der Waals surface area contributed by atoms with E-state index in [1.807, 2.05) is 59.2 Å². The number of rotatable bonds is 4. The van der Waals surface area contributed by atoms with Crippen molar-refractivity contribution in [2.24, 2.45) is 0 Å². The normalized spacial score (nSPS) is 10.9. The Morgan fingerprint density at radius 3 is 2.83 bits per heavy atom. The van der Waals surface area contributed by atoms with Gasteiger partial charge in [-0.25, -0.2) is 9.50 Å². The summed E-state index contributed by atoms with van der Waals surface area (Å²) in [6.07, 6.45) is 5.40. The highest BCUT2D eigenvalue weighted by molar-refractivity contribution is 6.30. The van der Waals surface area contributed by atoms with Crippen LogP contribution in [0.25, 0.3) is 16.9 Å². The Balaban J connectivity index is 1.66. The second-order valence-electron chi connectivity index (χ2n) is 5.36. The number of hydrogen-bond donors (Lipinski definition) is 1. The molecule has 0 aliphatic heterocycles. The molecular formula is C18H14ClN5. The summed E-state index contributed by atoms with van der Waals surface area (Å²) in [7, 11) is 0. The fraction of sp³-hybridized carbons (Fsp3) is 0.0556. The van der Waals surface area contributed by atoms with E-state index in [1.54, 1.807) is 12.4 Å². The van der Waals surface area contributed by atoms with Crippen molar-refractivity contribution in [1.29, 1.82) is 0 Å². The molecule has 0 saturated heterocycles. The van der Waals surface area contributed by atoms with Crippen molar-refractivity contribution in [2.45, 2.75) is 6.54 Å². The number of pyridine rings is 1. The summed E-state index contributed by atoms with van der Waals surface area (Å²) in [5.41, 5.74) is 3.77. The van der Waals surface area contributed by atoms with Crippen LogP contribution in [-0.4, -0.2) is 19.6 Å². The molecule has 0 aliphatic carbocycles. The molecule has 6 heteroatoms. The van der Waals surface area contributed by atoms with E-state index in [4.69, 9.17) is 11.6 Å². The van der Waals surface area contributed by atoms with Gasteiger partial charge in [-0.05, 0) is 35.9 Å². The molecule has 4 aromatic rings. The van der Waals surface area contributed by atoms with Gasteiger partial charge in [-0.2, -0.15) is 0 Å². The molecule has 0 fully saturated rings. The van der Waals surface area contributed by atoms with Crippen LogP contribution in [0.5, 0.6) is 0 Å². The van der Waals surface area contributed by atoms with Crippen LogP contribution in [-0.2, 0) is 6.54 Å². The van der Waals surface area contributed by atoms with E-state index in [0.29, 0.717) is 11.6 Å². The van der Waals surface area contributed by atoms with Gasteiger partial charge in [0, 0.05) is 29.5 Å². The fourth-order valence-electron chi connectivity index (χ4n) is 2.51. The van der Waals surface area contributed by atoms with Crippen molar-refractivity contribution >= 4 is 23.1 Å². The Bertz CT molecular complexity index is 981. The van der Waals surface area contributed by atoms with Crippen LogP contribution in [0.15, 0.2) is 67.1 Å². The molecule has 24 heavy (non-hydrogen) atoms. The number of anilines is 1. The topological polar surface area (TPSA) is 55.1 Å². The average Bonchev–Trinajstić information content (AvgIpc) is 3.04. The maximum absolute atomic E-state index is 6.09. The number of aromatic nitrogens is 4. The third kappa shape index (κ3) is 2.94. The van der Waals surface area contributed by atoms with E-state index in [0.717, 1.165) is 28.3 Å². The highest BCUT2D eigenvalue weighted by atomic mass is 35.5. The minimum atomic E-state index is 0.660. The lowest BCUT2D eigenvalue weighted by Gasteiger charge is -2.07. The number of fused-ring (bicyclic) bond motifs is 1. The second kappa shape index (κ2) is 6.29. The number of hydrogen-bond acceptors (Lipinski definition) is 4. The van der Waals surface area contributed by atoms with Crippen molar-refractivity contribution in [3.05, 3.63) is 77.7 Å². The van der Waals surface area contributed by atoms with Crippen molar-refractivity contribution in [1.82, 2.24) is 19.6 Å². The Morgan fingerprint density at radius 2 is 2.00 bits per heavy atom. The van der Waals surface area contributed by atoms with Crippen molar-refractivity contribution in [3.8, 4) is 11.3 Å². The molecule has 1 aromatic carbocycles. The molecule has 0 amide bonds. The molecule has 0 radical (unpaired) electrons. The first kappa shape index (κ1) is 14.7. The van der Waals surface area contributed by atoms with Crippen LogP contribution < -0.4 is 5.32 Å². The molecular weight excluding hydrogens is 322 g/mol. The lowest BCUT2D eigenvalue weighted by atomic mass is 10.2. The molecule has 1 N–H and O–H groups in total. The molecule has 3 heterocycles. The van der Waals surface area contributed by atoms with E-state index in [1.165, 1.54) is 0 Å². The Hall–Kier alpha value is -2.92. The van der Waals surface area contributed by atoms with Crippen molar-refractivity contribution < 1.29 is 0 Å². The summed E-state index contributed by atoms with van der Waals surface area (Å²) < 4.78 is 1.82. The summed E-state index contributed by atoms with van der Waals surface area (Å²) in [6.45, 7) is 0.660. The first-order chi connectivity index (χ1) is 11.8. The largest absolute Gasteiger partial charge is 0.364 e. The van der Waals surface area contributed by atoms with Gasteiger partial charge in [-0.3, -0.25) is 4.98 Å². The number of nitrogens with zero attached hydrogens (tertiary/aromatic N) is 4. The molecule has 118 valence electrons. The van der Waals surface area contributed by atoms with Crippen molar-refractivity contribution in [3.63, 3.8) is 0 Å². The van der Waals surface area contributed by atoms with Gasteiger partial charge < -0.3 is 5.32 Å². The Labute approximate surface area is 144 Å². The third-order valence-corrected chi connectivity index (χ3v) is 3.91. The number of benzene rings is 1. The van der Waals surface area contributed by atoms with Crippen LogP contribution in [0, 0.1) is 0 Å². The number of halogens is 1. The van der Waals surface area contributed by atoms with E-state index in [2.05, 4.69) is 20.4 Å². The lowest BCUT2D eigenvalue weighted by molar-refractivity contribution is 0.930. The molecule has 0 spiro atoms. The first-order valence-electron chi connectivity index (χ1n) is 7.53. The van der Waals surface area contributed by atoms with Gasteiger partial charge >= 0.3 is 0 Å². The van der Waals surface area contributed by atoms with Gasteiger partial charge in [-0.15, -0.1) is 5.10 Å². The third-order valence-electron chi connectivity index (χ3n) is 3.68. The summed E-state index contributed by atoms with van der Waals surface area (Å²) >= 11 is 6.09. The van der Waals surface area contributed by atoms with Crippen LogP contribution in [0.4, 0.5) is 5.82 Å². The summed E-state index contributed by atoms with van der Waals surface area (Å²) in [5, 5.41) is 8.63. The van der Waals surface area contributed by atoms with E-state index < -0.39 is 0 Å². The zero-order valence-corrected chi connectivity index (χ0v) is 13.5. The van der Waals surface area contributed by atoms with Gasteiger partial charge in [0.05, 0.1) is 11.9 Å². The molecule has 4 rings (SSSR count). The molecule has 0 atom stereocenters. The minimum Gasteiger partial charge on any atom is -0.364 e. The molecule has 0 aliphatic rings. The monoisotopic (exact) mass is 335 g/mol. The molecule has 0 saturated carbocycles. The summed E-state index contributed by atoms with van der Waals surface area (Å²) in [6, 6.07) is 15.5. The Morgan fingerprint density at radius 1 is 1.04 bits per heavy atom. The fourth-order valence-corrected chi connectivity index (χ4v) is 2.70. The number of imidazole rings is 1. The number of nitrogens with one attached hydrogen (secondary N) is 1. The minimum absolute atomic E-state index is 0.660. The molecule has 5 nitrogen and oxygen atoms in total. The SMILES string of the molecule is Clc1cccc(-c2cnc3ccc(NCc4cccnc4)nn23)c1. The predicted octanol–water partition coefficient (Wildman–Crippen LogP) is 4.06. The Kier molecular flexibility index (Phi) is 3.84. The maximum atomic E-state index is 6.09. The predicted molar refractivity (Wildman–Crippen MR) is 95.0 cm³/mol. The maximum Gasteiger partial charge on any atom is 0.154 e. The van der Waals surface area contributed by atoms with Gasteiger partial charge in [-0.1, -0.05) is 29.8 Å². The summed E-state index contributed by atoms with van der Waals surface area (Å²) in [4.78, 5) is 8.52. The van der Waals surface area contributed by atoms with Crippen LogP contribution in [0.1, 0.15) is 5.56 Å². The van der Waals surface area contributed by atoms with Crippen LogP contribution in [0.3, 0.4) is 0 Å². The van der Waals surface area contributed by atoms with Crippen LogP contribution in [0.2, 0.25) is 5.02 Å². The second-order valence-corrected chi connectivity index (χ2v) is 5.79. The van der Waals surface area contributed by atoms with Crippen molar-refractivity contribution in [2.75, 3.05) is 5.32 Å². The quantitative estimate of drug-likeness (QED) is 0.611. The van der Waals surface area contributed by atoms with Gasteiger partial charge in [0.2, 0.25) is 0 Å². The van der Waals surface area contributed by atoms with Crippen LogP contribution >= 0.6 is 11.6 Å². The first-order valence-corrected chi connectivity index (χ1v) is 7.91. The molecule has 0 bridgehead atoms.